The number of anilines is 2. The van der Waals surface area contributed by atoms with E-state index in [-0.39, 0.29) is 10.1 Å². The Labute approximate surface area is 125 Å². The number of carbonyl (C=O) groups is 1. The van der Waals surface area contributed by atoms with Gasteiger partial charge < -0.3 is 10.1 Å². The highest BCUT2D eigenvalue weighted by atomic mass is 32.2. The van der Waals surface area contributed by atoms with Crippen molar-refractivity contribution in [1.29, 1.82) is 0 Å². The van der Waals surface area contributed by atoms with Crippen LogP contribution in [0.5, 0.6) is 5.75 Å². The molecule has 0 aliphatic carbocycles. The van der Waals surface area contributed by atoms with Crippen LogP contribution in [-0.4, -0.2) is 20.4 Å². The van der Waals surface area contributed by atoms with Gasteiger partial charge in [-0.25, -0.2) is 8.42 Å². The second-order valence-corrected chi connectivity index (χ2v) is 7.35. The van der Waals surface area contributed by atoms with E-state index in [0.29, 0.717) is 17.1 Å². The third-order valence-electron chi connectivity index (χ3n) is 2.92. The third kappa shape index (κ3) is 2.72. The number of ether oxygens (including phenoxy) is 1. The molecule has 8 heteroatoms. The predicted octanol–water partition coefficient (Wildman–Crippen LogP) is 2.27. The number of hydrogen-bond acceptors (Lipinski definition) is 5. The largest absolute Gasteiger partial charge is 0.479 e. The van der Waals surface area contributed by atoms with Gasteiger partial charge in [-0.1, -0.05) is 6.07 Å². The molecule has 0 bridgehead atoms. The highest BCUT2D eigenvalue weighted by molar-refractivity contribution is 7.94. The molecule has 0 fully saturated rings. The van der Waals surface area contributed by atoms with Crippen molar-refractivity contribution in [3.63, 3.8) is 0 Å². The van der Waals surface area contributed by atoms with Crippen LogP contribution >= 0.6 is 11.3 Å². The fourth-order valence-corrected chi connectivity index (χ4v) is 3.94. The van der Waals surface area contributed by atoms with E-state index >= 15 is 0 Å². The first-order valence-corrected chi connectivity index (χ1v) is 8.50. The molecule has 3 rings (SSSR count). The lowest BCUT2D eigenvalue weighted by molar-refractivity contribution is -0.122. The van der Waals surface area contributed by atoms with Gasteiger partial charge in [-0.3, -0.25) is 9.52 Å². The van der Waals surface area contributed by atoms with Crippen molar-refractivity contribution in [3.05, 3.63) is 35.7 Å². The maximum atomic E-state index is 12.1. The van der Waals surface area contributed by atoms with Crippen LogP contribution < -0.4 is 14.8 Å². The molecule has 0 saturated heterocycles. The van der Waals surface area contributed by atoms with E-state index in [9.17, 15) is 13.2 Å². The van der Waals surface area contributed by atoms with Crippen molar-refractivity contribution in [2.75, 3.05) is 10.0 Å². The fraction of sp³-hybridized carbons (Fsp3) is 0.154. The number of hydrogen-bond donors (Lipinski definition) is 2. The van der Waals surface area contributed by atoms with Gasteiger partial charge in [-0.15, -0.1) is 11.3 Å². The number of thiophene rings is 1. The lowest BCUT2D eigenvalue weighted by Crippen LogP contribution is -2.34. The number of amides is 1. The molecule has 6 nitrogen and oxygen atoms in total. The number of sulfonamides is 1. The summed E-state index contributed by atoms with van der Waals surface area (Å²) in [7, 11) is -3.61. The summed E-state index contributed by atoms with van der Waals surface area (Å²) in [6.07, 6.45) is -0.564. The number of benzene rings is 1. The molecule has 2 N–H and O–H groups in total. The van der Waals surface area contributed by atoms with Gasteiger partial charge in [0, 0.05) is 0 Å². The Bertz CT molecular complexity index is 785. The topological polar surface area (TPSA) is 84.5 Å². The van der Waals surface area contributed by atoms with Crippen molar-refractivity contribution in [2.24, 2.45) is 0 Å². The predicted molar refractivity (Wildman–Crippen MR) is 80.3 cm³/mol. The Hall–Kier alpha value is -2.06. The van der Waals surface area contributed by atoms with Crippen LogP contribution in [0.15, 0.2) is 39.9 Å². The Kier molecular flexibility index (Phi) is 3.34. The normalized spacial score (nSPS) is 17.6. The molecule has 2 aromatic rings. The molecule has 0 saturated carbocycles. The standard InChI is InChI=1S/C13H12N2O4S2/c1-8-13(16)14-10-7-9(4-5-11(10)19-8)15-21(17,18)12-3-2-6-20-12/h2-8,15H,1H3,(H,14,16)/t8-/m0/s1. The summed E-state index contributed by atoms with van der Waals surface area (Å²) in [5.74, 6) is 0.252. The number of fused-ring (bicyclic) bond motifs is 1. The molecule has 1 aromatic carbocycles. The summed E-state index contributed by atoms with van der Waals surface area (Å²) in [6.45, 7) is 1.64. The quantitative estimate of drug-likeness (QED) is 0.907. The van der Waals surface area contributed by atoms with Crippen molar-refractivity contribution in [3.8, 4) is 5.75 Å². The maximum absolute atomic E-state index is 12.1. The van der Waals surface area contributed by atoms with Gasteiger partial charge >= 0.3 is 0 Å². The van der Waals surface area contributed by atoms with Gasteiger partial charge in [0.2, 0.25) is 0 Å². The molecule has 110 valence electrons. The molecule has 1 aliphatic heterocycles. The molecule has 0 radical (unpaired) electrons. The summed E-state index contributed by atoms with van der Waals surface area (Å²) in [6, 6.07) is 7.94. The van der Waals surface area contributed by atoms with Crippen molar-refractivity contribution in [1.82, 2.24) is 0 Å². The molecule has 1 amide bonds. The Morgan fingerprint density at radius 2 is 2.14 bits per heavy atom. The van der Waals surface area contributed by atoms with Crippen LogP contribution in [0.2, 0.25) is 0 Å². The van der Waals surface area contributed by atoms with Crippen LogP contribution in [0.25, 0.3) is 0 Å². The summed E-state index contributed by atoms with van der Waals surface area (Å²) in [5.41, 5.74) is 0.810. The van der Waals surface area contributed by atoms with Crippen LogP contribution in [0.1, 0.15) is 6.92 Å². The number of carbonyl (C=O) groups excluding carboxylic acids is 1. The first-order chi connectivity index (χ1) is 9.95. The zero-order valence-corrected chi connectivity index (χ0v) is 12.6. The Morgan fingerprint density at radius 3 is 2.86 bits per heavy atom. The first kappa shape index (κ1) is 13.9. The van der Waals surface area contributed by atoms with Gasteiger partial charge in [-0.2, -0.15) is 0 Å². The van der Waals surface area contributed by atoms with Crippen LogP contribution in [0.3, 0.4) is 0 Å². The lowest BCUT2D eigenvalue weighted by atomic mass is 10.2. The SMILES string of the molecule is C[C@@H]1Oc2ccc(NS(=O)(=O)c3cccs3)cc2NC1=O. The molecule has 1 atom stereocenters. The van der Waals surface area contributed by atoms with Gasteiger partial charge in [0.25, 0.3) is 15.9 Å². The molecule has 21 heavy (non-hydrogen) atoms. The zero-order valence-electron chi connectivity index (χ0n) is 11.0. The van der Waals surface area contributed by atoms with E-state index in [2.05, 4.69) is 10.0 Å². The third-order valence-corrected chi connectivity index (χ3v) is 5.70. The van der Waals surface area contributed by atoms with E-state index in [1.165, 1.54) is 12.1 Å². The lowest BCUT2D eigenvalue weighted by Gasteiger charge is -2.23. The van der Waals surface area contributed by atoms with E-state index in [4.69, 9.17) is 4.74 Å². The number of rotatable bonds is 3. The second kappa shape index (κ2) is 5.05. The van der Waals surface area contributed by atoms with Crippen molar-refractivity contribution in [2.45, 2.75) is 17.2 Å². The highest BCUT2D eigenvalue weighted by Gasteiger charge is 2.24. The molecule has 1 aliphatic rings. The van der Waals surface area contributed by atoms with Crippen molar-refractivity contribution >= 4 is 38.6 Å². The molecule has 2 heterocycles. The fourth-order valence-electron chi connectivity index (χ4n) is 1.89. The smallest absolute Gasteiger partial charge is 0.271 e. The summed E-state index contributed by atoms with van der Waals surface area (Å²) >= 11 is 1.13. The minimum atomic E-state index is -3.61. The van der Waals surface area contributed by atoms with Gasteiger partial charge in [0.05, 0.1) is 11.4 Å². The van der Waals surface area contributed by atoms with Gasteiger partial charge in [0.1, 0.15) is 9.96 Å². The minimum Gasteiger partial charge on any atom is -0.479 e. The van der Waals surface area contributed by atoms with Gasteiger partial charge in [-0.05, 0) is 36.6 Å². The summed E-state index contributed by atoms with van der Waals surface area (Å²) in [4.78, 5) is 11.6. The van der Waals surface area contributed by atoms with Crippen LogP contribution in [-0.2, 0) is 14.8 Å². The molecular formula is C13H12N2O4S2. The zero-order chi connectivity index (χ0) is 15.0. The molecule has 0 unspecified atom stereocenters. The monoisotopic (exact) mass is 324 g/mol. The minimum absolute atomic E-state index is 0.231. The highest BCUT2D eigenvalue weighted by Crippen LogP contribution is 2.33. The summed E-state index contributed by atoms with van der Waals surface area (Å²) < 4.78 is 32.4. The van der Waals surface area contributed by atoms with E-state index < -0.39 is 16.1 Å². The van der Waals surface area contributed by atoms with Crippen molar-refractivity contribution < 1.29 is 17.9 Å². The first-order valence-electron chi connectivity index (χ1n) is 6.13. The van der Waals surface area contributed by atoms with Crippen LogP contribution in [0.4, 0.5) is 11.4 Å². The van der Waals surface area contributed by atoms with E-state index in [1.54, 1.807) is 30.5 Å². The second-order valence-electron chi connectivity index (χ2n) is 4.50. The molecular weight excluding hydrogens is 312 g/mol. The molecule has 0 spiro atoms. The van der Waals surface area contributed by atoms with E-state index in [1.807, 2.05) is 0 Å². The Morgan fingerprint density at radius 1 is 1.33 bits per heavy atom. The average Bonchev–Trinajstić information content (AvgIpc) is 2.95. The summed E-state index contributed by atoms with van der Waals surface area (Å²) in [5, 5.41) is 4.37. The maximum Gasteiger partial charge on any atom is 0.271 e. The number of nitrogens with one attached hydrogen (secondary N) is 2. The molecule has 1 aromatic heterocycles. The Balaban J connectivity index is 1.88. The van der Waals surface area contributed by atoms with E-state index in [0.717, 1.165) is 11.3 Å². The average molecular weight is 324 g/mol. The van der Waals surface area contributed by atoms with Gasteiger partial charge in [0.15, 0.2) is 6.10 Å². The van der Waals surface area contributed by atoms with Crippen LogP contribution in [0, 0.1) is 0 Å².